The predicted molar refractivity (Wildman–Crippen MR) is 160 cm³/mol. The molecule has 0 saturated carbocycles. The Bertz CT molecular complexity index is 1530. The molecule has 1 fully saturated rings. The highest BCUT2D eigenvalue weighted by molar-refractivity contribution is 5.99. The van der Waals surface area contributed by atoms with Crippen LogP contribution in [0.25, 0.3) is 17.2 Å². The minimum absolute atomic E-state index is 0.128. The summed E-state index contributed by atoms with van der Waals surface area (Å²) in [6, 6.07) is 20.1. The van der Waals surface area contributed by atoms with Crippen molar-refractivity contribution in [1.29, 1.82) is 0 Å². The van der Waals surface area contributed by atoms with Crippen molar-refractivity contribution in [2.75, 3.05) is 48.8 Å². The van der Waals surface area contributed by atoms with Gasteiger partial charge in [-0.2, -0.15) is 0 Å². The van der Waals surface area contributed by atoms with Crippen LogP contribution in [0.2, 0.25) is 0 Å². The SMILES string of the molecule is C=CC(=O)Nc1cccc(-c2c(COC(C)=O)ccc3c2=NC(Nc2ccc(N4CCN(C)CC4)cc2)CC=3)c1. The number of benzene rings is 3. The molecule has 0 radical (unpaired) electrons. The van der Waals surface area contributed by atoms with Gasteiger partial charge in [0.05, 0.1) is 5.36 Å². The molecule has 40 heavy (non-hydrogen) atoms. The fourth-order valence-electron chi connectivity index (χ4n) is 5.08. The largest absolute Gasteiger partial charge is 0.461 e. The van der Waals surface area contributed by atoms with Crippen LogP contribution in [0.15, 0.2) is 78.3 Å². The van der Waals surface area contributed by atoms with Crippen molar-refractivity contribution >= 4 is 35.0 Å². The number of anilines is 3. The van der Waals surface area contributed by atoms with Gasteiger partial charge in [0.25, 0.3) is 0 Å². The number of ether oxygens (including phenoxy) is 1. The Hall–Kier alpha value is -4.43. The molecule has 1 amide bonds. The number of fused-ring (bicyclic) bond motifs is 1. The second-order valence-corrected chi connectivity index (χ2v) is 10.2. The average molecular weight is 538 g/mol. The number of hydrogen-bond acceptors (Lipinski definition) is 7. The Morgan fingerprint density at radius 3 is 2.55 bits per heavy atom. The molecule has 2 aliphatic heterocycles. The van der Waals surface area contributed by atoms with E-state index in [1.165, 1.54) is 18.7 Å². The molecule has 0 aromatic heterocycles. The van der Waals surface area contributed by atoms with Crippen LogP contribution in [0.4, 0.5) is 17.1 Å². The maximum atomic E-state index is 11.9. The van der Waals surface area contributed by atoms with Crippen LogP contribution >= 0.6 is 0 Å². The first-order valence-electron chi connectivity index (χ1n) is 13.6. The summed E-state index contributed by atoms with van der Waals surface area (Å²) < 4.78 is 5.39. The number of piperazine rings is 1. The monoisotopic (exact) mass is 537 g/mol. The summed E-state index contributed by atoms with van der Waals surface area (Å²) in [4.78, 5) is 33.5. The van der Waals surface area contributed by atoms with E-state index in [0.29, 0.717) is 5.69 Å². The van der Waals surface area contributed by atoms with E-state index >= 15 is 0 Å². The van der Waals surface area contributed by atoms with Crippen LogP contribution in [0.3, 0.4) is 0 Å². The fourth-order valence-corrected chi connectivity index (χ4v) is 5.08. The third-order valence-electron chi connectivity index (χ3n) is 7.25. The number of hydrogen-bond donors (Lipinski definition) is 2. The summed E-state index contributed by atoms with van der Waals surface area (Å²) in [7, 11) is 2.16. The van der Waals surface area contributed by atoms with Crippen LogP contribution in [-0.2, 0) is 20.9 Å². The zero-order chi connectivity index (χ0) is 28.1. The summed E-state index contributed by atoms with van der Waals surface area (Å²) >= 11 is 0. The molecule has 1 unspecified atom stereocenters. The summed E-state index contributed by atoms with van der Waals surface area (Å²) in [6.07, 6.45) is 4.00. The van der Waals surface area contributed by atoms with Gasteiger partial charge in [0.15, 0.2) is 0 Å². The molecule has 2 aliphatic rings. The van der Waals surface area contributed by atoms with Crippen LogP contribution in [0, 0.1) is 0 Å². The molecule has 1 saturated heterocycles. The number of nitrogens with one attached hydrogen (secondary N) is 2. The molecular weight excluding hydrogens is 502 g/mol. The number of esters is 1. The lowest BCUT2D eigenvalue weighted by Crippen LogP contribution is -2.44. The van der Waals surface area contributed by atoms with Gasteiger partial charge >= 0.3 is 5.97 Å². The van der Waals surface area contributed by atoms with E-state index in [0.717, 1.165) is 65.6 Å². The van der Waals surface area contributed by atoms with Gasteiger partial charge in [-0.25, -0.2) is 0 Å². The van der Waals surface area contributed by atoms with Gasteiger partial charge in [-0.15, -0.1) is 0 Å². The maximum Gasteiger partial charge on any atom is 0.302 e. The van der Waals surface area contributed by atoms with Crippen molar-refractivity contribution in [2.24, 2.45) is 4.99 Å². The molecule has 0 spiro atoms. The lowest BCUT2D eigenvalue weighted by Gasteiger charge is -2.34. The predicted octanol–water partition coefficient (Wildman–Crippen LogP) is 3.54. The first kappa shape index (κ1) is 27.1. The molecule has 0 bridgehead atoms. The molecule has 8 nitrogen and oxygen atoms in total. The number of amides is 1. The normalized spacial score (nSPS) is 16.6. The van der Waals surface area contributed by atoms with Crippen molar-refractivity contribution in [1.82, 2.24) is 4.90 Å². The van der Waals surface area contributed by atoms with Crippen LogP contribution in [0.1, 0.15) is 18.9 Å². The highest BCUT2D eigenvalue weighted by Gasteiger charge is 2.17. The van der Waals surface area contributed by atoms with Gasteiger partial charge < -0.3 is 25.2 Å². The first-order chi connectivity index (χ1) is 19.4. The van der Waals surface area contributed by atoms with E-state index in [-0.39, 0.29) is 24.6 Å². The number of nitrogens with zero attached hydrogens (tertiary/aromatic N) is 3. The standard InChI is InChI=1S/C32H35N5O3/c1-4-30(39)34-27-7-5-6-24(20-27)31-25(21-40-22(2)38)9-8-23-10-15-29(35-32(23)31)33-26-11-13-28(14-12-26)37-18-16-36(3)17-19-37/h4-14,20,29,33H,1,15-19,21H2,2-3H3,(H,34,39). The fraction of sp³-hybridized carbons (Fsp3) is 0.281. The van der Waals surface area contributed by atoms with Crippen LogP contribution in [-0.4, -0.2) is 56.2 Å². The molecule has 1 atom stereocenters. The second kappa shape index (κ2) is 12.2. The van der Waals surface area contributed by atoms with Gasteiger partial charge in [-0.3, -0.25) is 14.6 Å². The van der Waals surface area contributed by atoms with E-state index in [9.17, 15) is 9.59 Å². The maximum absolute atomic E-state index is 11.9. The summed E-state index contributed by atoms with van der Waals surface area (Å²) in [5.41, 5.74) is 5.48. The summed E-state index contributed by atoms with van der Waals surface area (Å²) in [5, 5.41) is 8.25. The lowest BCUT2D eigenvalue weighted by molar-refractivity contribution is -0.142. The van der Waals surface area contributed by atoms with E-state index in [2.05, 4.69) is 64.4 Å². The van der Waals surface area contributed by atoms with Crippen LogP contribution in [0.5, 0.6) is 0 Å². The molecule has 3 aromatic carbocycles. The Kier molecular flexibility index (Phi) is 8.26. The van der Waals surface area contributed by atoms with E-state index in [4.69, 9.17) is 9.73 Å². The molecule has 0 aliphatic carbocycles. The highest BCUT2D eigenvalue weighted by Crippen LogP contribution is 2.25. The minimum Gasteiger partial charge on any atom is -0.461 e. The summed E-state index contributed by atoms with van der Waals surface area (Å²) in [5.74, 6) is -0.632. The first-order valence-corrected chi connectivity index (χ1v) is 13.6. The molecule has 8 heteroatoms. The summed E-state index contributed by atoms with van der Waals surface area (Å²) in [6.45, 7) is 9.27. The van der Waals surface area contributed by atoms with E-state index in [1.807, 2.05) is 36.4 Å². The van der Waals surface area contributed by atoms with Gasteiger partial charge in [-0.05, 0) is 65.9 Å². The van der Waals surface area contributed by atoms with Crippen molar-refractivity contribution in [3.8, 4) is 11.1 Å². The molecule has 3 aromatic rings. The van der Waals surface area contributed by atoms with Crippen LogP contribution < -0.4 is 26.1 Å². The van der Waals surface area contributed by atoms with E-state index < -0.39 is 0 Å². The Labute approximate surface area is 234 Å². The lowest BCUT2D eigenvalue weighted by atomic mass is 9.96. The quantitative estimate of drug-likeness (QED) is 0.338. The molecule has 5 rings (SSSR count). The zero-order valence-electron chi connectivity index (χ0n) is 23.0. The number of carbonyl (C=O) groups excluding carboxylic acids is 2. The van der Waals surface area contributed by atoms with Crippen molar-refractivity contribution in [3.05, 3.63) is 89.5 Å². The zero-order valence-corrected chi connectivity index (χ0v) is 23.0. The minimum atomic E-state index is -0.348. The number of rotatable bonds is 8. The third-order valence-corrected chi connectivity index (χ3v) is 7.25. The molecule has 206 valence electrons. The van der Waals surface area contributed by atoms with Gasteiger partial charge in [0, 0.05) is 62.1 Å². The van der Waals surface area contributed by atoms with Crippen molar-refractivity contribution < 1.29 is 14.3 Å². The molecule has 2 heterocycles. The highest BCUT2D eigenvalue weighted by atomic mass is 16.5. The second-order valence-electron chi connectivity index (χ2n) is 10.2. The third kappa shape index (κ3) is 6.40. The van der Waals surface area contributed by atoms with Crippen molar-refractivity contribution in [3.63, 3.8) is 0 Å². The van der Waals surface area contributed by atoms with E-state index in [1.54, 1.807) is 0 Å². The Morgan fingerprint density at radius 2 is 1.82 bits per heavy atom. The number of carbonyl (C=O) groups is 2. The van der Waals surface area contributed by atoms with Gasteiger partial charge in [0.2, 0.25) is 5.91 Å². The topological polar surface area (TPSA) is 86.3 Å². The van der Waals surface area contributed by atoms with Crippen molar-refractivity contribution in [2.45, 2.75) is 26.1 Å². The molecular formula is C32H35N5O3. The number of likely N-dealkylation sites (N-methyl/N-ethyl adjacent to an activating group) is 1. The van der Waals surface area contributed by atoms with Gasteiger partial charge in [0.1, 0.15) is 12.8 Å². The smallest absolute Gasteiger partial charge is 0.302 e. The average Bonchev–Trinajstić information content (AvgIpc) is 2.96. The Morgan fingerprint density at radius 1 is 1.05 bits per heavy atom. The van der Waals surface area contributed by atoms with Gasteiger partial charge in [-0.1, -0.05) is 36.9 Å². The molecule has 2 N–H and O–H groups in total. The Balaban J connectivity index is 1.46.